The van der Waals surface area contributed by atoms with Gasteiger partial charge < -0.3 is 5.11 Å². The largest absolute Gasteiger partial charge is 0.477 e. The van der Waals surface area contributed by atoms with Gasteiger partial charge in [-0.2, -0.15) is 0 Å². The fourth-order valence-corrected chi connectivity index (χ4v) is 3.94. The Labute approximate surface area is 104 Å². The quantitative estimate of drug-likeness (QED) is 0.851. The van der Waals surface area contributed by atoms with Crippen molar-refractivity contribution in [3.05, 3.63) is 32.1 Å². The molecule has 2 nitrogen and oxygen atoms in total. The van der Waals surface area contributed by atoms with E-state index in [1.54, 1.807) is 0 Å². The van der Waals surface area contributed by atoms with Gasteiger partial charge in [0.2, 0.25) is 0 Å². The molecule has 15 heavy (non-hydrogen) atoms. The van der Waals surface area contributed by atoms with Gasteiger partial charge in [0, 0.05) is 14.6 Å². The van der Waals surface area contributed by atoms with Crippen LogP contribution in [-0.2, 0) is 0 Å². The van der Waals surface area contributed by atoms with Crippen molar-refractivity contribution in [3.8, 4) is 0 Å². The number of carboxylic acids is 1. The highest BCUT2D eigenvalue weighted by atomic mass is 79.9. The van der Waals surface area contributed by atoms with E-state index in [0.29, 0.717) is 5.02 Å². The van der Waals surface area contributed by atoms with Crippen molar-refractivity contribution < 1.29 is 9.90 Å². The van der Waals surface area contributed by atoms with Gasteiger partial charge in [-0.1, -0.05) is 27.5 Å². The van der Waals surface area contributed by atoms with Crippen LogP contribution >= 0.6 is 38.9 Å². The average Bonchev–Trinajstić information content (AvgIpc) is 2.42. The van der Waals surface area contributed by atoms with Crippen molar-refractivity contribution in [2.45, 2.75) is 6.92 Å². The summed E-state index contributed by atoms with van der Waals surface area (Å²) in [4.78, 5) is 11.1. The van der Waals surface area contributed by atoms with Gasteiger partial charge in [-0.15, -0.1) is 11.3 Å². The van der Waals surface area contributed by atoms with Crippen molar-refractivity contribution in [1.82, 2.24) is 0 Å². The molecule has 0 aliphatic carbocycles. The Hall–Kier alpha value is -0.580. The second kappa shape index (κ2) is 3.77. The highest BCUT2D eigenvalue weighted by molar-refractivity contribution is 9.10. The summed E-state index contributed by atoms with van der Waals surface area (Å²) in [6.07, 6.45) is 0. The molecule has 0 aliphatic heterocycles. The molecule has 0 bridgehead atoms. The number of hydrogen-bond acceptors (Lipinski definition) is 2. The van der Waals surface area contributed by atoms with E-state index in [1.807, 2.05) is 19.1 Å². The maximum atomic E-state index is 10.9. The molecule has 2 rings (SSSR count). The van der Waals surface area contributed by atoms with Gasteiger partial charge in [-0.3, -0.25) is 0 Å². The van der Waals surface area contributed by atoms with Crippen molar-refractivity contribution >= 4 is 54.9 Å². The standard InChI is InChI=1S/C10H6BrClO2S/c1-4-2-5(11)7-6(3-4)15-9(8(7)12)10(13)14/h2-3H,1H3,(H,13,14). The van der Waals surface area contributed by atoms with Crippen LogP contribution in [0.4, 0.5) is 0 Å². The number of aryl methyl sites for hydroxylation is 1. The fourth-order valence-electron chi connectivity index (χ4n) is 1.41. The number of benzene rings is 1. The van der Waals surface area contributed by atoms with E-state index in [0.717, 1.165) is 20.1 Å². The third-order valence-corrected chi connectivity index (χ3v) is 4.26. The SMILES string of the molecule is Cc1cc(Br)c2c(Cl)c(C(=O)O)sc2c1. The normalized spacial score (nSPS) is 10.9. The number of aromatic carboxylic acids is 1. The summed E-state index contributed by atoms with van der Waals surface area (Å²) >= 11 is 10.6. The minimum Gasteiger partial charge on any atom is -0.477 e. The predicted molar refractivity (Wildman–Crippen MR) is 66.2 cm³/mol. The van der Waals surface area contributed by atoms with Crippen LogP contribution in [0.1, 0.15) is 15.2 Å². The summed E-state index contributed by atoms with van der Waals surface area (Å²) in [6, 6.07) is 3.86. The van der Waals surface area contributed by atoms with Gasteiger partial charge in [0.1, 0.15) is 4.88 Å². The summed E-state index contributed by atoms with van der Waals surface area (Å²) in [5.41, 5.74) is 1.07. The molecule has 1 aromatic carbocycles. The zero-order chi connectivity index (χ0) is 11.2. The van der Waals surface area contributed by atoms with Crippen LogP contribution in [0.25, 0.3) is 10.1 Å². The lowest BCUT2D eigenvalue weighted by Gasteiger charge is -1.97. The topological polar surface area (TPSA) is 37.3 Å². The molecule has 0 unspecified atom stereocenters. The first-order chi connectivity index (χ1) is 7.00. The first kappa shape index (κ1) is 10.9. The maximum absolute atomic E-state index is 10.9. The minimum atomic E-state index is -0.981. The number of hydrogen-bond donors (Lipinski definition) is 1. The van der Waals surface area contributed by atoms with Crippen LogP contribution in [0.3, 0.4) is 0 Å². The molecule has 0 fully saturated rings. The lowest BCUT2D eigenvalue weighted by Crippen LogP contribution is -1.91. The van der Waals surface area contributed by atoms with E-state index in [4.69, 9.17) is 16.7 Å². The van der Waals surface area contributed by atoms with Gasteiger partial charge in [0.25, 0.3) is 0 Å². The van der Waals surface area contributed by atoms with Crippen molar-refractivity contribution in [2.24, 2.45) is 0 Å². The maximum Gasteiger partial charge on any atom is 0.347 e. The van der Waals surface area contributed by atoms with E-state index in [-0.39, 0.29) is 4.88 Å². The van der Waals surface area contributed by atoms with Crippen LogP contribution in [-0.4, -0.2) is 11.1 Å². The third kappa shape index (κ3) is 1.77. The predicted octanol–water partition coefficient (Wildman–Crippen LogP) is 4.32. The third-order valence-electron chi connectivity index (χ3n) is 2.02. The molecule has 1 N–H and O–H groups in total. The van der Waals surface area contributed by atoms with Crippen LogP contribution in [0, 0.1) is 6.92 Å². The molecule has 5 heteroatoms. The van der Waals surface area contributed by atoms with Crippen LogP contribution in [0.2, 0.25) is 5.02 Å². The Bertz CT molecular complexity index is 562. The number of halogens is 2. The minimum absolute atomic E-state index is 0.193. The number of carboxylic acid groups (broad SMARTS) is 1. The second-order valence-electron chi connectivity index (χ2n) is 3.17. The van der Waals surface area contributed by atoms with E-state index in [2.05, 4.69) is 15.9 Å². The van der Waals surface area contributed by atoms with Crippen molar-refractivity contribution in [1.29, 1.82) is 0 Å². The Morgan fingerprint density at radius 3 is 2.80 bits per heavy atom. The smallest absolute Gasteiger partial charge is 0.347 e. The molecule has 78 valence electrons. The Balaban J connectivity index is 2.88. The molecule has 2 aromatic rings. The lowest BCUT2D eigenvalue weighted by atomic mass is 10.2. The first-order valence-electron chi connectivity index (χ1n) is 4.12. The van der Waals surface area contributed by atoms with Gasteiger partial charge in [-0.05, 0) is 24.6 Å². The number of fused-ring (bicyclic) bond motifs is 1. The number of carbonyl (C=O) groups is 1. The van der Waals surface area contributed by atoms with Gasteiger partial charge >= 0.3 is 5.97 Å². The molecular formula is C10H6BrClO2S. The van der Waals surface area contributed by atoms with Crippen molar-refractivity contribution in [3.63, 3.8) is 0 Å². The van der Waals surface area contributed by atoms with E-state index >= 15 is 0 Å². The first-order valence-corrected chi connectivity index (χ1v) is 6.11. The Kier molecular flexibility index (Phi) is 2.75. The summed E-state index contributed by atoms with van der Waals surface area (Å²) in [5, 5.41) is 10.0. The van der Waals surface area contributed by atoms with Crippen LogP contribution < -0.4 is 0 Å². The Morgan fingerprint density at radius 1 is 1.53 bits per heavy atom. The number of thiophene rings is 1. The molecule has 0 spiro atoms. The molecule has 0 atom stereocenters. The number of rotatable bonds is 1. The lowest BCUT2D eigenvalue weighted by molar-refractivity contribution is 0.0702. The molecule has 0 aliphatic rings. The van der Waals surface area contributed by atoms with Gasteiger partial charge in [0.05, 0.1) is 5.02 Å². The van der Waals surface area contributed by atoms with Gasteiger partial charge in [0.15, 0.2) is 0 Å². The zero-order valence-electron chi connectivity index (χ0n) is 7.67. The fraction of sp³-hybridized carbons (Fsp3) is 0.100. The van der Waals surface area contributed by atoms with E-state index in [1.165, 1.54) is 11.3 Å². The summed E-state index contributed by atoms with van der Waals surface area (Å²) in [7, 11) is 0. The van der Waals surface area contributed by atoms with Gasteiger partial charge in [-0.25, -0.2) is 4.79 Å². The highest BCUT2D eigenvalue weighted by Gasteiger charge is 2.18. The van der Waals surface area contributed by atoms with E-state index in [9.17, 15) is 4.79 Å². The summed E-state index contributed by atoms with van der Waals surface area (Å²) in [6.45, 7) is 1.96. The average molecular weight is 306 g/mol. The highest BCUT2D eigenvalue weighted by Crippen LogP contribution is 2.40. The van der Waals surface area contributed by atoms with Crippen LogP contribution in [0.5, 0.6) is 0 Å². The molecule has 1 aromatic heterocycles. The molecule has 0 radical (unpaired) electrons. The monoisotopic (exact) mass is 304 g/mol. The molecule has 0 saturated heterocycles. The zero-order valence-corrected chi connectivity index (χ0v) is 10.8. The molecular weight excluding hydrogens is 300 g/mol. The molecule has 0 saturated carbocycles. The van der Waals surface area contributed by atoms with Crippen LogP contribution in [0.15, 0.2) is 16.6 Å². The molecule has 0 amide bonds. The van der Waals surface area contributed by atoms with E-state index < -0.39 is 5.97 Å². The Morgan fingerprint density at radius 2 is 2.20 bits per heavy atom. The second-order valence-corrected chi connectivity index (χ2v) is 5.45. The molecule has 1 heterocycles. The summed E-state index contributed by atoms with van der Waals surface area (Å²) < 4.78 is 1.73. The van der Waals surface area contributed by atoms with Crippen molar-refractivity contribution in [2.75, 3.05) is 0 Å². The summed E-state index contributed by atoms with van der Waals surface area (Å²) in [5.74, 6) is -0.981.